The molecule has 0 aliphatic carbocycles. The van der Waals surface area contributed by atoms with Crippen molar-refractivity contribution >= 4 is 0 Å². The lowest BCUT2D eigenvalue weighted by molar-refractivity contribution is 0.101. The van der Waals surface area contributed by atoms with Crippen molar-refractivity contribution in [3.8, 4) is 11.5 Å². The van der Waals surface area contributed by atoms with E-state index in [2.05, 4.69) is 13.8 Å². The van der Waals surface area contributed by atoms with Crippen LogP contribution in [0.1, 0.15) is 20.3 Å². The highest BCUT2D eigenvalue weighted by molar-refractivity contribution is 5.40. The molecule has 70 valence electrons. The molecule has 1 aliphatic heterocycles. The Bertz CT molecular complexity index is 305. The van der Waals surface area contributed by atoms with Crippen molar-refractivity contribution in [1.29, 1.82) is 0 Å². The minimum absolute atomic E-state index is 0.118. The lowest BCUT2D eigenvalue weighted by atomic mass is 10.1. The molecule has 0 fully saturated rings. The monoisotopic (exact) mass is 178 g/mol. The van der Waals surface area contributed by atoms with Crippen LogP contribution in [0, 0.1) is 0 Å². The van der Waals surface area contributed by atoms with Crippen LogP contribution in [0.5, 0.6) is 11.5 Å². The van der Waals surface area contributed by atoms with Crippen LogP contribution in [0.3, 0.4) is 0 Å². The zero-order chi connectivity index (χ0) is 9.31. The van der Waals surface area contributed by atoms with Gasteiger partial charge in [0.25, 0.3) is 0 Å². The molecule has 2 rings (SSSR count). The molecule has 0 N–H and O–H groups in total. The molecule has 0 bridgehead atoms. The maximum atomic E-state index is 5.82. The number of fused-ring (bicyclic) bond motifs is 1. The van der Waals surface area contributed by atoms with Crippen molar-refractivity contribution in [2.75, 3.05) is 6.61 Å². The van der Waals surface area contributed by atoms with Crippen molar-refractivity contribution in [2.24, 2.45) is 0 Å². The van der Waals surface area contributed by atoms with Gasteiger partial charge >= 0.3 is 0 Å². The van der Waals surface area contributed by atoms with Crippen molar-refractivity contribution in [3.63, 3.8) is 0 Å². The van der Waals surface area contributed by atoms with Crippen molar-refractivity contribution < 1.29 is 9.47 Å². The van der Waals surface area contributed by atoms with Crippen molar-refractivity contribution in [1.82, 2.24) is 0 Å². The van der Waals surface area contributed by atoms with Crippen LogP contribution in [0.2, 0.25) is 0 Å². The van der Waals surface area contributed by atoms with Gasteiger partial charge in [-0.1, -0.05) is 12.1 Å². The third-order valence-electron chi connectivity index (χ3n) is 2.20. The predicted molar refractivity (Wildman–Crippen MR) is 51.3 cm³/mol. The molecular weight excluding hydrogens is 164 g/mol. The Hall–Kier alpha value is -1.18. The van der Waals surface area contributed by atoms with Crippen LogP contribution in [-0.4, -0.2) is 12.2 Å². The van der Waals surface area contributed by atoms with Gasteiger partial charge in [0.05, 0.1) is 6.61 Å². The van der Waals surface area contributed by atoms with E-state index in [1.54, 1.807) is 0 Å². The van der Waals surface area contributed by atoms with Gasteiger partial charge in [-0.2, -0.15) is 0 Å². The molecule has 1 aromatic carbocycles. The molecule has 1 aromatic rings. The Morgan fingerprint density at radius 2 is 1.85 bits per heavy atom. The van der Waals surface area contributed by atoms with Crippen LogP contribution < -0.4 is 9.47 Å². The molecule has 0 radical (unpaired) electrons. The zero-order valence-electron chi connectivity index (χ0n) is 8.04. The van der Waals surface area contributed by atoms with E-state index < -0.39 is 0 Å². The standard InChI is InChI=1S/C11H14O2/c1-11(2)7-8-12-9-5-3-4-6-10(9)13-11/h3-6H,7-8H2,1-2H3. The molecule has 2 heteroatoms. The van der Waals surface area contributed by atoms with Crippen LogP contribution in [0.4, 0.5) is 0 Å². The minimum atomic E-state index is -0.118. The largest absolute Gasteiger partial charge is 0.490 e. The van der Waals surface area contributed by atoms with Gasteiger partial charge in [-0.3, -0.25) is 0 Å². The molecule has 0 saturated heterocycles. The third kappa shape index (κ3) is 1.77. The van der Waals surface area contributed by atoms with Crippen LogP contribution in [0.25, 0.3) is 0 Å². The second kappa shape index (κ2) is 2.95. The van der Waals surface area contributed by atoms with Gasteiger partial charge in [0.15, 0.2) is 11.5 Å². The van der Waals surface area contributed by atoms with Gasteiger partial charge in [0.1, 0.15) is 5.60 Å². The van der Waals surface area contributed by atoms with Crippen LogP contribution in [-0.2, 0) is 0 Å². The Morgan fingerprint density at radius 1 is 1.15 bits per heavy atom. The van der Waals surface area contributed by atoms with E-state index in [-0.39, 0.29) is 5.60 Å². The van der Waals surface area contributed by atoms with Gasteiger partial charge in [-0.15, -0.1) is 0 Å². The summed E-state index contributed by atoms with van der Waals surface area (Å²) >= 11 is 0. The van der Waals surface area contributed by atoms with Crippen molar-refractivity contribution in [3.05, 3.63) is 24.3 Å². The predicted octanol–water partition coefficient (Wildman–Crippen LogP) is 2.63. The molecular formula is C11H14O2. The lowest BCUT2D eigenvalue weighted by Crippen LogP contribution is -2.28. The SMILES string of the molecule is CC1(C)CCOc2ccccc2O1. The topological polar surface area (TPSA) is 18.5 Å². The van der Waals surface area contributed by atoms with Gasteiger partial charge in [0, 0.05) is 6.42 Å². The first-order valence-corrected chi connectivity index (χ1v) is 4.58. The number of benzene rings is 1. The van der Waals surface area contributed by atoms with E-state index in [1.807, 2.05) is 24.3 Å². The molecule has 2 nitrogen and oxygen atoms in total. The maximum absolute atomic E-state index is 5.82. The zero-order valence-corrected chi connectivity index (χ0v) is 8.04. The highest BCUT2D eigenvalue weighted by Crippen LogP contribution is 2.33. The highest BCUT2D eigenvalue weighted by atomic mass is 16.5. The first-order valence-electron chi connectivity index (χ1n) is 4.58. The molecule has 1 aliphatic rings. The molecule has 0 unspecified atom stereocenters. The summed E-state index contributed by atoms with van der Waals surface area (Å²) in [6.45, 7) is 4.89. The summed E-state index contributed by atoms with van der Waals surface area (Å²) in [6.07, 6.45) is 0.918. The van der Waals surface area contributed by atoms with Gasteiger partial charge in [0.2, 0.25) is 0 Å². The quantitative estimate of drug-likeness (QED) is 0.608. The van der Waals surface area contributed by atoms with Crippen LogP contribution in [0.15, 0.2) is 24.3 Å². The Morgan fingerprint density at radius 3 is 2.62 bits per heavy atom. The Kier molecular flexibility index (Phi) is 1.91. The third-order valence-corrected chi connectivity index (χ3v) is 2.20. The summed E-state index contributed by atoms with van der Waals surface area (Å²) < 4.78 is 11.4. The molecule has 0 saturated carbocycles. The summed E-state index contributed by atoms with van der Waals surface area (Å²) in [4.78, 5) is 0. The summed E-state index contributed by atoms with van der Waals surface area (Å²) in [7, 11) is 0. The number of rotatable bonds is 0. The highest BCUT2D eigenvalue weighted by Gasteiger charge is 2.24. The van der Waals surface area contributed by atoms with E-state index in [0.717, 1.165) is 24.5 Å². The van der Waals surface area contributed by atoms with E-state index in [0.29, 0.717) is 0 Å². The normalized spacial score (nSPS) is 19.2. The first-order chi connectivity index (χ1) is 6.17. The summed E-state index contributed by atoms with van der Waals surface area (Å²) in [5.41, 5.74) is -0.118. The van der Waals surface area contributed by atoms with Gasteiger partial charge < -0.3 is 9.47 Å². The van der Waals surface area contributed by atoms with Crippen LogP contribution >= 0.6 is 0 Å². The average Bonchev–Trinajstić information content (AvgIpc) is 2.21. The Labute approximate surface area is 78.5 Å². The van der Waals surface area contributed by atoms with E-state index in [4.69, 9.17) is 9.47 Å². The number of hydrogen-bond acceptors (Lipinski definition) is 2. The van der Waals surface area contributed by atoms with E-state index in [9.17, 15) is 0 Å². The fourth-order valence-corrected chi connectivity index (χ4v) is 1.41. The second-order valence-corrected chi connectivity index (χ2v) is 3.91. The van der Waals surface area contributed by atoms with E-state index in [1.165, 1.54) is 0 Å². The molecule has 0 atom stereocenters. The van der Waals surface area contributed by atoms with Gasteiger partial charge in [-0.05, 0) is 26.0 Å². The number of ether oxygens (including phenoxy) is 2. The lowest BCUT2D eigenvalue weighted by Gasteiger charge is -2.22. The summed E-state index contributed by atoms with van der Waals surface area (Å²) in [6, 6.07) is 7.81. The maximum Gasteiger partial charge on any atom is 0.161 e. The Balaban J connectivity index is 2.34. The fourth-order valence-electron chi connectivity index (χ4n) is 1.41. The molecule has 1 heterocycles. The first kappa shape index (κ1) is 8.42. The average molecular weight is 178 g/mol. The number of para-hydroxylation sites is 2. The minimum Gasteiger partial charge on any atom is -0.490 e. The number of hydrogen-bond donors (Lipinski definition) is 0. The summed E-state index contributed by atoms with van der Waals surface area (Å²) in [5, 5.41) is 0. The smallest absolute Gasteiger partial charge is 0.161 e. The second-order valence-electron chi connectivity index (χ2n) is 3.91. The fraction of sp³-hybridized carbons (Fsp3) is 0.455. The molecule has 0 spiro atoms. The molecule has 13 heavy (non-hydrogen) atoms. The summed E-state index contributed by atoms with van der Waals surface area (Å²) in [5.74, 6) is 1.71. The molecule has 0 aromatic heterocycles. The van der Waals surface area contributed by atoms with Crippen molar-refractivity contribution in [2.45, 2.75) is 25.9 Å². The van der Waals surface area contributed by atoms with Gasteiger partial charge in [-0.25, -0.2) is 0 Å². The van der Waals surface area contributed by atoms with E-state index >= 15 is 0 Å². The molecule has 0 amide bonds.